The van der Waals surface area contributed by atoms with E-state index in [1.807, 2.05) is 24.3 Å². The molecule has 1 aliphatic rings. The van der Waals surface area contributed by atoms with Crippen LogP contribution in [0.4, 0.5) is 5.69 Å². The number of nitrogen functional groups attached to an aromatic ring is 1. The lowest BCUT2D eigenvalue weighted by Crippen LogP contribution is -2.23. The molecule has 4 rings (SSSR count). The van der Waals surface area contributed by atoms with Crippen molar-refractivity contribution in [1.29, 1.82) is 10.7 Å². The van der Waals surface area contributed by atoms with Crippen molar-refractivity contribution in [2.75, 3.05) is 5.73 Å². The molecule has 2 atom stereocenters. The summed E-state index contributed by atoms with van der Waals surface area (Å²) in [6.07, 6.45) is 4.59. The quantitative estimate of drug-likeness (QED) is 0.516. The fourth-order valence-electron chi connectivity index (χ4n) is 3.63. The van der Waals surface area contributed by atoms with Crippen LogP contribution in [-0.4, -0.2) is 10.7 Å². The zero-order valence-corrected chi connectivity index (χ0v) is 15.5. The first-order valence-corrected chi connectivity index (χ1v) is 9.13. The third kappa shape index (κ3) is 3.23. The van der Waals surface area contributed by atoms with Crippen LogP contribution in [0.2, 0.25) is 0 Å². The number of aromatic nitrogens is 1. The number of hydrogen-bond acceptors (Lipinski definition) is 6. The van der Waals surface area contributed by atoms with Gasteiger partial charge in [0.1, 0.15) is 17.6 Å². The van der Waals surface area contributed by atoms with Crippen LogP contribution in [0.25, 0.3) is 0 Å². The van der Waals surface area contributed by atoms with Crippen molar-refractivity contribution in [1.82, 2.24) is 4.98 Å². The van der Waals surface area contributed by atoms with Crippen molar-refractivity contribution in [2.24, 2.45) is 5.92 Å². The normalized spacial score (nSPS) is 18.1. The van der Waals surface area contributed by atoms with Gasteiger partial charge in [0.05, 0.1) is 17.8 Å². The number of nitrogens with one attached hydrogen (secondary N) is 1. The summed E-state index contributed by atoms with van der Waals surface area (Å²) in [5.74, 6) is 1.32. The highest BCUT2D eigenvalue weighted by Gasteiger charge is 2.29. The fraction of sp³-hybridized carbons (Fsp3) is 0.227. The highest BCUT2D eigenvalue weighted by Crippen LogP contribution is 2.38. The maximum absolute atomic E-state index is 9.15. The number of ether oxygens (including phenoxy) is 1. The topological polar surface area (TPSA) is 109 Å². The van der Waals surface area contributed by atoms with E-state index in [1.165, 1.54) is 12.6 Å². The van der Waals surface area contributed by atoms with Crippen LogP contribution in [0.1, 0.15) is 48.9 Å². The Morgan fingerprint density at radius 3 is 2.96 bits per heavy atom. The molecule has 2 aromatic carbocycles. The molecule has 0 saturated heterocycles. The summed E-state index contributed by atoms with van der Waals surface area (Å²) in [7, 11) is 0. The standard InChI is InChI=1S/C22H20N4O2.H2/c1-13-2-4-15-8-14(10-23)3-6-17(15)22(13)28-16-5-7-19(24)18(9-16)21(25)20-11-26-12-27-20;/h3,5-9,11-13,22,25H,2,4,24H2,1H3;1H/t13-,22-;/m1./s1. The first-order valence-electron chi connectivity index (χ1n) is 9.13. The van der Waals surface area contributed by atoms with Crippen LogP contribution in [0, 0.1) is 22.7 Å². The monoisotopic (exact) mass is 374 g/mol. The molecule has 1 aromatic heterocycles. The first-order chi connectivity index (χ1) is 13.6. The Morgan fingerprint density at radius 1 is 1.36 bits per heavy atom. The average Bonchev–Trinajstić information content (AvgIpc) is 3.25. The molecule has 0 radical (unpaired) electrons. The molecular formula is C22H22N4O2. The van der Waals surface area contributed by atoms with Crippen LogP contribution in [0.5, 0.6) is 5.75 Å². The van der Waals surface area contributed by atoms with Crippen LogP contribution < -0.4 is 10.5 Å². The summed E-state index contributed by atoms with van der Waals surface area (Å²) < 4.78 is 11.6. The van der Waals surface area contributed by atoms with Gasteiger partial charge in [-0.3, -0.25) is 5.41 Å². The molecule has 0 aliphatic heterocycles. The van der Waals surface area contributed by atoms with Crippen molar-refractivity contribution >= 4 is 11.4 Å². The van der Waals surface area contributed by atoms with E-state index >= 15 is 0 Å². The maximum Gasteiger partial charge on any atom is 0.181 e. The van der Waals surface area contributed by atoms with Crippen LogP contribution >= 0.6 is 0 Å². The number of benzene rings is 2. The lowest BCUT2D eigenvalue weighted by atomic mass is 9.81. The number of fused-ring (bicyclic) bond motifs is 1. The smallest absolute Gasteiger partial charge is 0.181 e. The zero-order valence-electron chi connectivity index (χ0n) is 15.5. The van der Waals surface area contributed by atoms with Gasteiger partial charge in [-0.05, 0) is 60.2 Å². The van der Waals surface area contributed by atoms with Crippen molar-refractivity contribution in [3.63, 3.8) is 0 Å². The van der Waals surface area contributed by atoms with Gasteiger partial charge >= 0.3 is 0 Å². The van der Waals surface area contributed by atoms with Gasteiger partial charge in [-0.15, -0.1) is 0 Å². The third-order valence-corrected chi connectivity index (χ3v) is 5.20. The summed E-state index contributed by atoms with van der Waals surface area (Å²) in [6.45, 7) is 2.17. The van der Waals surface area contributed by atoms with Crippen molar-refractivity contribution in [3.8, 4) is 11.8 Å². The van der Waals surface area contributed by atoms with E-state index in [0.29, 0.717) is 34.2 Å². The Labute approximate surface area is 164 Å². The molecule has 0 fully saturated rings. The van der Waals surface area contributed by atoms with E-state index in [2.05, 4.69) is 18.0 Å². The molecule has 0 spiro atoms. The van der Waals surface area contributed by atoms with E-state index < -0.39 is 0 Å². The number of oxazole rings is 1. The van der Waals surface area contributed by atoms with Crippen molar-refractivity contribution in [3.05, 3.63) is 77.0 Å². The fourth-order valence-corrected chi connectivity index (χ4v) is 3.63. The number of aryl methyl sites for hydroxylation is 1. The summed E-state index contributed by atoms with van der Waals surface area (Å²) >= 11 is 0. The minimum atomic E-state index is -0.118. The van der Waals surface area contributed by atoms with Crippen LogP contribution in [0.15, 0.2) is 53.4 Å². The number of anilines is 1. The second kappa shape index (κ2) is 7.20. The van der Waals surface area contributed by atoms with Gasteiger partial charge in [0.2, 0.25) is 0 Å². The van der Waals surface area contributed by atoms with Crippen molar-refractivity contribution < 1.29 is 10.6 Å². The van der Waals surface area contributed by atoms with Gasteiger partial charge in [-0.1, -0.05) is 13.0 Å². The molecule has 1 heterocycles. The minimum Gasteiger partial charge on any atom is -0.485 e. The highest BCUT2D eigenvalue weighted by molar-refractivity contribution is 6.12. The molecule has 0 bridgehead atoms. The lowest BCUT2D eigenvalue weighted by molar-refractivity contribution is 0.129. The van der Waals surface area contributed by atoms with Gasteiger partial charge in [0.15, 0.2) is 12.2 Å². The molecular weight excluding hydrogens is 352 g/mol. The molecule has 3 N–H and O–H groups in total. The van der Waals surface area contributed by atoms with Gasteiger partial charge in [-0.2, -0.15) is 5.26 Å². The Morgan fingerprint density at radius 2 is 2.21 bits per heavy atom. The van der Waals surface area contributed by atoms with E-state index in [4.69, 9.17) is 25.6 Å². The minimum absolute atomic E-state index is 0. The second-order valence-corrected chi connectivity index (χ2v) is 7.07. The van der Waals surface area contributed by atoms with Gasteiger partial charge < -0.3 is 14.9 Å². The largest absolute Gasteiger partial charge is 0.485 e. The summed E-state index contributed by atoms with van der Waals surface area (Å²) in [4.78, 5) is 3.86. The Bertz CT molecular complexity index is 1070. The SMILES string of the molecule is C[C@@H]1CCc2cc(C#N)ccc2[C@@H]1Oc1ccc(N)c(C(=N)c2cnco2)c1.[HH]. The van der Waals surface area contributed by atoms with E-state index in [9.17, 15) is 0 Å². The molecule has 28 heavy (non-hydrogen) atoms. The van der Waals surface area contributed by atoms with Gasteiger partial charge in [0, 0.05) is 12.7 Å². The Balaban J connectivity index is 0.00000240. The van der Waals surface area contributed by atoms with Crippen molar-refractivity contribution in [2.45, 2.75) is 25.9 Å². The number of nitriles is 1. The highest BCUT2D eigenvalue weighted by atomic mass is 16.5. The van der Waals surface area contributed by atoms with E-state index in [-0.39, 0.29) is 13.2 Å². The Hall–Kier alpha value is -3.59. The number of nitrogens with zero attached hydrogens (tertiary/aromatic N) is 2. The molecule has 0 unspecified atom stereocenters. The summed E-state index contributed by atoms with van der Waals surface area (Å²) in [6, 6.07) is 13.3. The molecule has 3 aromatic rings. The van der Waals surface area contributed by atoms with Gasteiger partial charge in [0.25, 0.3) is 0 Å². The summed E-state index contributed by atoms with van der Waals surface area (Å²) in [5.41, 5.74) is 10.2. The summed E-state index contributed by atoms with van der Waals surface area (Å²) in [5, 5.41) is 17.5. The van der Waals surface area contributed by atoms with E-state index in [1.54, 1.807) is 12.1 Å². The Kier molecular flexibility index (Phi) is 4.58. The zero-order chi connectivity index (χ0) is 19.7. The third-order valence-electron chi connectivity index (χ3n) is 5.20. The first kappa shape index (κ1) is 17.8. The van der Waals surface area contributed by atoms with Crippen LogP contribution in [-0.2, 0) is 6.42 Å². The number of nitrogens with two attached hydrogens (primary N) is 1. The molecule has 1 aliphatic carbocycles. The molecule has 6 heteroatoms. The molecule has 0 saturated carbocycles. The van der Waals surface area contributed by atoms with Crippen LogP contribution in [0.3, 0.4) is 0 Å². The van der Waals surface area contributed by atoms with E-state index in [0.717, 1.165) is 24.0 Å². The number of rotatable bonds is 4. The predicted molar refractivity (Wildman–Crippen MR) is 107 cm³/mol. The predicted octanol–water partition coefficient (Wildman–Crippen LogP) is 4.49. The number of hydrogen-bond donors (Lipinski definition) is 2. The molecule has 0 amide bonds. The average molecular weight is 374 g/mol. The lowest BCUT2D eigenvalue weighted by Gasteiger charge is -2.32. The molecule has 6 nitrogen and oxygen atoms in total. The molecule has 142 valence electrons. The maximum atomic E-state index is 9.15. The second-order valence-electron chi connectivity index (χ2n) is 7.07. The van der Waals surface area contributed by atoms with Gasteiger partial charge in [-0.25, -0.2) is 4.98 Å².